The van der Waals surface area contributed by atoms with Crippen LogP contribution in [0.5, 0.6) is 0 Å². The summed E-state index contributed by atoms with van der Waals surface area (Å²) in [5.74, 6) is 0. The van der Waals surface area contributed by atoms with Gasteiger partial charge in [0, 0.05) is 11.9 Å². The fraction of sp³-hybridized carbons (Fsp3) is 1.00. The molecule has 0 bridgehead atoms. The van der Waals surface area contributed by atoms with Crippen molar-refractivity contribution < 1.29 is 4.74 Å². The topological polar surface area (TPSA) is 21.3 Å². The largest absolute Gasteiger partial charge is 0.377 e. The Morgan fingerprint density at radius 3 is 2.46 bits per heavy atom. The van der Waals surface area contributed by atoms with Crippen LogP contribution < -0.4 is 5.32 Å². The monoisotopic (exact) mass is 207 g/mol. The lowest BCUT2D eigenvalue weighted by Gasteiger charge is -2.08. The molecule has 1 unspecified atom stereocenters. The first-order valence-electron chi connectivity index (χ1n) is 5.09. The fourth-order valence-corrected chi connectivity index (χ4v) is 1.15. The molecule has 0 aromatic heterocycles. The van der Waals surface area contributed by atoms with Gasteiger partial charge in [-0.15, -0.1) is 11.6 Å². The van der Waals surface area contributed by atoms with Crippen molar-refractivity contribution in [1.29, 1.82) is 0 Å². The van der Waals surface area contributed by atoms with Crippen LogP contribution in [0.2, 0.25) is 0 Å². The van der Waals surface area contributed by atoms with E-state index in [9.17, 15) is 0 Å². The van der Waals surface area contributed by atoms with E-state index in [1.54, 1.807) is 0 Å². The number of nitrogens with one attached hydrogen (secondary N) is 1. The molecule has 0 saturated carbocycles. The van der Waals surface area contributed by atoms with Crippen molar-refractivity contribution in [2.24, 2.45) is 0 Å². The molecule has 1 atom stereocenters. The Hall–Kier alpha value is 0.210. The summed E-state index contributed by atoms with van der Waals surface area (Å²) >= 11 is 5.81. The number of halogens is 1. The van der Waals surface area contributed by atoms with E-state index >= 15 is 0 Å². The predicted molar refractivity (Wildman–Crippen MR) is 58.5 cm³/mol. The first-order valence-corrected chi connectivity index (χ1v) is 5.53. The van der Waals surface area contributed by atoms with E-state index in [2.05, 4.69) is 19.2 Å². The molecule has 0 aliphatic carbocycles. The van der Waals surface area contributed by atoms with Crippen molar-refractivity contribution in [2.75, 3.05) is 19.7 Å². The Morgan fingerprint density at radius 2 is 1.92 bits per heavy atom. The molecule has 0 aromatic carbocycles. The van der Waals surface area contributed by atoms with Crippen LogP contribution in [0.25, 0.3) is 0 Å². The van der Waals surface area contributed by atoms with Crippen LogP contribution in [0.3, 0.4) is 0 Å². The third-order valence-corrected chi connectivity index (χ3v) is 1.90. The summed E-state index contributed by atoms with van der Waals surface area (Å²) in [5, 5.41) is 3.61. The van der Waals surface area contributed by atoms with E-state index < -0.39 is 0 Å². The van der Waals surface area contributed by atoms with Crippen molar-refractivity contribution in [3.05, 3.63) is 0 Å². The maximum atomic E-state index is 5.81. The second-order valence-electron chi connectivity index (χ2n) is 3.59. The highest BCUT2D eigenvalue weighted by molar-refractivity contribution is 6.20. The van der Waals surface area contributed by atoms with Gasteiger partial charge >= 0.3 is 0 Å². The van der Waals surface area contributed by atoms with E-state index in [4.69, 9.17) is 16.3 Å². The zero-order chi connectivity index (χ0) is 10.1. The summed E-state index contributed by atoms with van der Waals surface area (Å²) < 4.78 is 5.38. The smallest absolute Gasteiger partial charge is 0.0594 e. The van der Waals surface area contributed by atoms with Gasteiger partial charge in [-0.25, -0.2) is 0 Å². The lowest BCUT2D eigenvalue weighted by molar-refractivity contribution is 0.0809. The molecular weight excluding hydrogens is 186 g/mol. The maximum absolute atomic E-state index is 5.81. The number of ether oxygens (including phenoxy) is 1. The van der Waals surface area contributed by atoms with Gasteiger partial charge in [0.1, 0.15) is 0 Å². The highest BCUT2D eigenvalue weighted by atomic mass is 35.5. The number of alkyl halides is 1. The molecule has 1 N–H and O–H groups in total. The Bertz CT molecular complexity index is 95.1. The average Bonchev–Trinajstić information content (AvgIpc) is 2.01. The second kappa shape index (κ2) is 8.79. The van der Waals surface area contributed by atoms with Gasteiger partial charge in [-0.3, -0.25) is 0 Å². The summed E-state index contributed by atoms with van der Waals surface area (Å²) in [6, 6.07) is 0. The molecule has 0 fully saturated rings. The molecule has 0 heterocycles. The SMILES string of the molecule is CC(Cl)CCCNCCOC(C)C. The van der Waals surface area contributed by atoms with Gasteiger partial charge in [-0.2, -0.15) is 0 Å². The van der Waals surface area contributed by atoms with E-state index in [0.29, 0.717) is 11.5 Å². The minimum absolute atomic E-state index is 0.300. The Kier molecular flexibility index (Phi) is 8.93. The molecule has 0 aromatic rings. The maximum Gasteiger partial charge on any atom is 0.0594 e. The van der Waals surface area contributed by atoms with Crippen LogP contribution in [0.15, 0.2) is 0 Å². The highest BCUT2D eigenvalue weighted by Gasteiger charge is 1.95. The van der Waals surface area contributed by atoms with Crippen molar-refractivity contribution in [3.8, 4) is 0 Å². The summed E-state index contributed by atoms with van der Waals surface area (Å²) in [5.41, 5.74) is 0. The van der Waals surface area contributed by atoms with Gasteiger partial charge in [-0.05, 0) is 40.2 Å². The third kappa shape index (κ3) is 12.2. The average molecular weight is 208 g/mol. The molecule has 0 spiro atoms. The standard InChI is InChI=1S/C10H22ClNO/c1-9(2)13-8-7-12-6-4-5-10(3)11/h9-10,12H,4-8H2,1-3H3. The Balaban J connectivity index is 2.92. The van der Waals surface area contributed by atoms with Gasteiger partial charge in [0.25, 0.3) is 0 Å². The van der Waals surface area contributed by atoms with Crippen LogP contribution >= 0.6 is 11.6 Å². The number of hydrogen-bond donors (Lipinski definition) is 1. The summed E-state index contributed by atoms with van der Waals surface area (Å²) in [7, 11) is 0. The van der Waals surface area contributed by atoms with Crippen LogP contribution in [-0.4, -0.2) is 31.2 Å². The first-order chi connectivity index (χ1) is 6.13. The van der Waals surface area contributed by atoms with Crippen LogP contribution in [0.1, 0.15) is 33.6 Å². The molecule has 0 radical (unpaired) electrons. The van der Waals surface area contributed by atoms with Gasteiger partial charge in [-0.1, -0.05) is 0 Å². The van der Waals surface area contributed by atoms with Crippen molar-refractivity contribution in [3.63, 3.8) is 0 Å². The highest BCUT2D eigenvalue weighted by Crippen LogP contribution is 2.01. The lowest BCUT2D eigenvalue weighted by atomic mass is 10.2. The molecule has 0 rings (SSSR count). The fourth-order valence-electron chi connectivity index (χ4n) is 1.00. The number of hydrogen-bond acceptors (Lipinski definition) is 2. The Labute approximate surface area is 87.0 Å². The molecule has 0 amide bonds. The van der Waals surface area contributed by atoms with Crippen molar-refractivity contribution in [2.45, 2.75) is 45.1 Å². The minimum Gasteiger partial charge on any atom is -0.377 e. The first kappa shape index (κ1) is 13.2. The predicted octanol–water partition coefficient (Wildman–Crippen LogP) is 2.41. The van der Waals surface area contributed by atoms with Gasteiger partial charge in [0.05, 0.1) is 12.7 Å². The summed E-state index contributed by atoms with van der Waals surface area (Å²) in [6.45, 7) is 8.91. The van der Waals surface area contributed by atoms with E-state index in [1.807, 2.05) is 6.92 Å². The van der Waals surface area contributed by atoms with E-state index in [1.165, 1.54) is 0 Å². The summed E-state index contributed by atoms with van der Waals surface area (Å²) in [6.07, 6.45) is 2.57. The summed E-state index contributed by atoms with van der Waals surface area (Å²) in [4.78, 5) is 0. The third-order valence-electron chi connectivity index (χ3n) is 1.69. The van der Waals surface area contributed by atoms with Crippen LogP contribution in [-0.2, 0) is 4.74 Å². The molecule has 0 saturated heterocycles. The normalized spacial score (nSPS) is 13.6. The quantitative estimate of drug-likeness (QED) is 0.488. The lowest BCUT2D eigenvalue weighted by Crippen LogP contribution is -2.22. The van der Waals surface area contributed by atoms with Gasteiger partial charge in [0.2, 0.25) is 0 Å². The van der Waals surface area contributed by atoms with Crippen molar-refractivity contribution in [1.82, 2.24) is 5.32 Å². The molecular formula is C10H22ClNO. The molecule has 13 heavy (non-hydrogen) atoms. The Morgan fingerprint density at radius 1 is 1.23 bits per heavy atom. The molecule has 80 valence electrons. The number of rotatable bonds is 8. The zero-order valence-electron chi connectivity index (χ0n) is 8.98. The zero-order valence-corrected chi connectivity index (χ0v) is 9.73. The van der Waals surface area contributed by atoms with Crippen LogP contribution in [0, 0.1) is 0 Å². The van der Waals surface area contributed by atoms with Gasteiger partial charge < -0.3 is 10.1 Å². The van der Waals surface area contributed by atoms with E-state index in [-0.39, 0.29) is 0 Å². The van der Waals surface area contributed by atoms with E-state index in [0.717, 1.165) is 32.5 Å². The molecule has 2 nitrogen and oxygen atoms in total. The molecule has 0 aliphatic heterocycles. The van der Waals surface area contributed by atoms with Crippen LogP contribution in [0.4, 0.5) is 0 Å². The van der Waals surface area contributed by atoms with Crippen molar-refractivity contribution >= 4 is 11.6 Å². The minimum atomic E-state index is 0.300. The molecule has 0 aliphatic rings. The van der Waals surface area contributed by atoms with Gasteiger partial charge in [0.15, 0.2) is 0 Å². The molecule has 3 heteroatoms. The second-order valence-corrected chi connectivity index (χ2v) is 4.34.